The summed E-state index contributed by atoms with van der Waals surface area (Å²) < 4.78 is 10.6. The van der Waals surface area contributed by atoms with Crippen molar-refractivity contribution in [2.24, 2.45) is 0 Å². The molecule has 0 spiro atoms. The molecular formula is C27H27N3O5. The second-order valence-corrected chi connectivity index (χ2v) is 8.41. The van der Waals surface area contributed by atoms with Gasteiger partial charge < -0.3 is 20.1 Å². The van der Waals surface area contributed by atoms with Gasteiger partial charge in [-0.3, -0.25) is 14.5 Å². The van der Waals surface area contributed by atoms with Crippen LogP contribution in [0, 0.1) is 0 Å². The van der Waals surface area contributed by atoms with Crippen LogP contribution in [0.4, 0.5) is 10.5 Å². The summed E-state index contributed by atoms with van der Waals surface area (Å²) in [6.07, 6.45) is 0.626. The van der Waals surface area contributed by atoms with E-state index < -0.39 is 29.9 Å². The van der Waals surface area contributed by atoms with E-state index in [4.69, 9.17) is 9.47 Å². The number of carbonyl (C=O) groups is 3. The van der Waals surface area contributed by atoms with E-state index in [2.05, 4.69) is 10.6 Å². The summed E-state index contributed by atoms with van der Waals surface area (Å²) in [7, 11) is 3.15. The molecule has 35 heavy (non-hydrogen) atoms. The Bertz CT molecular complexity index is 1240. The number of rotatable bonds is 8. The van der Waals surface area contributed by atoms with Crippen molar-refractivity contribution < 1.29 is 23.9 Å². The maximum atomic E-state index is 13.1. The third-order valence-electron chi connectivity index (χ3n) is 6.05. The number of methoxy groups -OCH3 is 2. The van der Waals surface area contributed by atoms with Crippen LogP contribution in [-0.4, -0.2) is 43.5 Å². The molecule has 1 saturated heterocycles. The van der Waals surface area contributed by atoms with Gasteiger partial charge in [-0.1, -0.05) is 42.5 Å². The van der Waals surface area contributed by atoms with Gasteiger partial charge in [-0.25, -0.2) is 4.79 Å². The van der Waals surface area contributed by atoms with Gasteiger partial charge >= 0.3 is 6.03 Å². The van der Waals surface area contributed by atoms with Crippen molar-refractivity contribution in [3.63, 3.8) is 0 Å². The van der Waals surface area contributed by atoms with Gasteiger partial charge in [-0.05, 0) is 48.4 Å². The zero-order valence-corrected chi connectivity index (χ0v) is 19.8. The summed E-state index contributed by atoms with van der Waals surface area (Å²) in [4.78, 5) is 39.4. The second-order valence-electron chi connectivity index (χ2n) is 8.41. The third kappa shape index (κ3) is 4.96. The summed E-state index contributed by atoms with van der Waals surface area (Å²) in [6, 6.07) is 21.5. The van der Waals surface area contributed by atoms with E-state index >= 15 is 0 Å². The Balaban J connectivity index is 1.46. The molecule has 1 aliphatic heterocycles. The van der Waals surface area contributed by atoms with E-state index in [1.807, 2.05) is 36.4 Å². The first-order valence-electron chi connectivity index (χ1n) is 11.1. The van der Waals surface area contributed by atoms with E-state index in [1.165, 1.54) is 0 Å². The van der Waals surface area contributed by atoms with Crippen molar-refractivity contribution in [2.75, 3.05) is 26.1 Å². The van der Waals surface area contributed by atoms with Crippen LogP contribution in [0.25, 0.3) is 0 Å². The SMILES string of the molecule is COc1ccc(C2(C)NC(=O)N(CC(=O)Nc3ccc(OC)c(Cc4ccccc4)c3)C2=O)cc1. The summed E-state index contributed by atoms with van der Waals surface area (Å²) in [6.45, 7) is 1.21. The van der Waals surface area contributed by atoms with E-state index in [9.17, 15) is 14.4 Å². The van der Waals surface area contributed by atoms with Crippen LogP contribution >= 0.6 is 0 Å². The Kier molecular flexibility index (Phi) is 6.73. The number of anilines is 1. The monoisotopic (exact) mass is 473 g/mol. The zero-order chi connectivity index (χ0) is 25.0. The molecule has 0 aliphatic carbocycles. The molecule has 0 radical (unpaired) electrons. The zero-order valence-electron chi connectivity index (χ0n) is 19.8. The predicted molar refractivity (Wildman–Crippen MR) is 131 cm³/mol. The average molecular weight is 474 g/mol. The number of carbonyl (C=O) groups excluding carboxylic acids is 3. The molecule has 4 amide bonds. The lowest BCUT2D eigenvalue weighted by molar-refractivity contribution is -0.133. The highest BCUT2D eigenvalue weighted by Crippen LogP contribution is 2.30. The summed E-state index contributed by atoms with van der Waals surface area (Å²) in [5.41, 5.74) is 1.88. The molecule has 3 aromatic carbocycles. The molecule has 8 heteroatoms. The standard InChI is InChI=1S/C27H27N3O5/c1-27(20-9-12-22(34-2)13-10-20)25(32)30(26(33)29-27)17-24(31)28-21-11-14-23(35-3)19(16-21)15-18-7-5-4-6-8-18/h4-14,16H,15,17H2,1-3H3,(H,28,31)(H,29,33). The number of ether oxygens (including phenoxy) is 2. The van der Waals surface area contributed by atoms with Crippen LogP contribution in [-0.2, 0) is 21.5 Å². The maximum Gasteiger partial charge on any atom is 0.325 e. The first-order valence-corrected chi connectivity index (χ1v) is 11.1. The first-order chi connectivity index (χ1) is 16.8. The molecule has 8 nitrogen and oxygen atoms in total. The van der Waals surface area contributed by atoms with Crippen molar-refractivity contribution in [1.29, 1.82) is 0 Å². The number of urea groups is 1. The Morgan fingerprint density at radius 3 is 2.34 bits per heavy atom. The molecule has 4 rings (SSSR count). The molecule has 1 fully saturated rings. The van der Waals surface area contributed by atoms with Crippen molar-refractivity contribution >= 4 is 23.5 Å². The number of nitrogens with zero attached hydrogens (tertiary/aromatic N) is 1. The molecule has 0 saturated carbocycles. The number of amides is 4. The molecular weight excluding hydrogens is 446 g/mol. The van der Waals surface area contributed by atoms with Gasteiger partial charge in [-0.15, -0.1) is 0 Å². The number of nitrogens with one attached hydrogen (secondary N) is 2. The lowest BCUT2D eigenvalue weighted by Crippen LogP contribution is -2.42. The highest BCUT2D eigenvalue weighted by Gasteiger charge is 2.49. The normalized spacial score (nSPS) is 17.2. The van der Waals surface area contributed by atoms with Crippen molar-refractivity contribution in [3.8, 4) is 11.5 Å². The Hall–Kier alpha value is -4.33. The fourth-order valence-electron chi connectivity index (χ4n) is 4.11. The fourth-order valence-corrected chi connectivity index (χ4v) is 4.11. The van der Waals surface area contributed by atoms with Crippen LogP contribution in [0.15, 0.2) is 72.8 Å². The van der Waals surface area contributed by atoms with Crippen LogP contribution < -0.4 is 20.1 Å². The van der Waals surface area contributed by atoms with Gasteiger partial charge in [0.1, 0.15) is 23.6 Å². The summed E-state index contributed by atoms with van der Waals surface area (Å²) in [5, 5.41) is 5.49. The Labute approximate surface area is 203 Å². The molecule has 2 N–H and O–H groups in total. The minimum Gasteiger partial charge on any atom is -0.497 e. The van der Waals surface area contributed by atoms with Crippen LogP contribution in [0.1, 0.15) is 23.6 Å². The third-order valence-corrected chi connectivity index (χ3v) is 6.05. The summed E-state index contributed by atoms with van der Waals surface area (Å²) in [5.74, 6) is 0.360. The van der Waals surface area contributed by atoms with Crippen molar-refractivity contribution in [2.45, 2.75) is 18.9 Å². The minimum absolute atomic E-state index is 0.406. The van der Waals surface area contributed by atoms with Gasteiger partial charge in [0, 0.05) is 17.7 Å². The Morgan fingerprint density at radius 1 is 0.971 bits per heavy atom. The number of hydrogen-bond donors (Lipinski definition) is 2. The second kappa shape index (κ2) is 9.89. The maximum absolute atomic E-state index is 13.1. The van der Waals surface area contributed by atoms with Gasteiger partial charge in [0.2, 0.25) is 5.91 Å². The molecule has 180 valence electrons. The average Bonchev–Trinajstić information content (AvgIpc) is 3.08. The number of benzene rings is 3. The van der Waals surface area contributed by atoms with Crippen LogP contribution in [0.3, 0.4) is 0 Å². The van der Waals surface area contributed by atoms with E-state index in [0.717, 1.165) is 16.0 Å². The molecule has 1 aliphatic rings. The molecule has 3 aromatic rings. The highest BCUT2D eigenvalue weighted by atomic mass is 16.5. The topological polar surface area (TPSA) is 97.0 Å². The number of hydrogen-bond acceptors (Lipinski definition) is 5. The van der Waals surface area contributed by atoms with E-state index in [1.54, 1.807) is 57.5 Å². The largest absolute Gasteiger partial charge is 0.497 e. The fraction of sp³-hybridized carbons (Fsp3) is 0.222. The molecule has 0 bridgehead atoms. The quantitative estimate of drug-likeness (QED) is 0.487. The molecule has 0 aromatic heterocycles. The minimum atomic E-state index is -1.27. The number of imide groups is 1. The lowest BCUT2D eigenvalue weighted by Gasteiger charge is -2.22. The van der Waals surface area contributed by atoms with Gasteiger partial charge in [-0.2, -0.15) is 0 Å². The lowest BCUT2D eigenvalue weighted by atomic mass is 9.92. The summed E-state index contributed by atoms with van der Waals surface area (Å²) >= 11 is 0. The molecule has 1 unspecified atom stereocenters. The van der Waals surface area contributed by atoms with Gasteiger partial charge in [0.15, 0.2) is 0 Å². The van der Waals surface area contributed by atoms with E-state index in [-0.39, 0.29) is 0 Å². The van der Waals surface area contributed by atoms with Crippen LogP contribution in [0.5, 0.6) is 11.5 Å². The highest BCUT2D eigenvalue weighted by molar-refractivity contribution is 6.10. The molecule has 1 heterocycles. The van der Waals surface area contributed by atoms with Gasteiger partial charge in [0.05, 0.1) is 14.2 Å². The predicted octanol–water partition coefficient (Wildman–Crippen LogP) is 3.70. The molecule has 1 atom stereocenters. The van der Waals surface area contributed by atoms with Crippen molar-refractivity contribution in [3.05, 3.63) is 89.5 Å². The van der Waals surface area contributed by atoms with Crippen LogP contribution in [0.2, 0.25) is 0 Å². The van der Waals surface area contributed by atoms with Crippen molar-refractivity contribution in [1.82, 2.24) is 10.2 Å². The van der Waals surface area contributed by atoms with E-state index in [0.29, 0.717) is 29.2 Å². The Morgan fingerprint density at radius 2 is 1.69 bits per heavy atom. The first kappa shape index (κ1) is 23.8. The van der Waals surface area contributed by atoms with Gasteiger partial charge in [0.25, 0.3) is 5.91 Å². The smallest absolute Gasteiger partial charge is 0.325 e.